The van der Waals surface area contributed by atoms with Crippen molar-refractivity contribution in [3.63, 3.8) is 0 Å². The van der Waals surface area contributed by atoms with Crippen LogP contribution in [0.1, 0.15) is 32.1 Å². The van der Waals surface area contributed by atoms with E-state index in [1.807, 2.05) is 0 Å². The fourth-order valence-corrected chi connectivity index (χ4v) is 3.36. The van der Waals surface area contributed by atoms with Gasteiger partial charge in [-0.2, -0.15) is 0 Å². The number of rotatable bonds is 4. The first-order valence-corrected chi connectivity index (χ1v) is 7.69. The number of hydrogen-bond donors (Lipinski definition) is 2. The molecule has 0 unspecified atom stereocenters. The molecular formula is C12H19N3O2S. The van der Waals surface area contributed by atoms with Crippen molar-refractivity contribution < 1.29 is 8.42 Å². The number of nitrogens with two attached hydrogens (primary N) is 1. The summed E-state index contributed by atoms with van der Waals surface area (Å²) in [6.07, 6.45) is 7.98. The summed E-state index contributed by atoms with van der Waals surface area (Å²) < 4.78 is 26.6. The minimum Gasteiger partial charge on any atom is -0.324 e. The van der Waals surface area contributed by atoms with Gasteiger partial charge in [0.15, 0.2) is 0 Å². The van der Waals surface area contributed by atoms with Crippen LogP contribution in [0.25, 0.3) is 0 Å². The highest BCUT2D eigenvalue weighted by molar-refractivity contribution is 7.89. The van der Waals surface area contributed by atoms with Crippen molar-refractivity contribution in [1.29, 1.82) is 0 Å². The summed E-state index contributed by atoms with van der Waals surface area (Å²) in [7, 11) is -3.49. The lowest BCUT2D eigenvalue weighted by Crippen LogP contribution is -2.51. The van der Waals surface area contributed by atoms with Crippen LogP contribution in [0.4, 0.5) is 0 Å². The highest BCUT2D eigenvalue weighted by atomic mass is 32.2. The van der Waals surface area contributed by atoms with E-state index in [1.54, 1.807) is 12.3 Å². The fourth-order valence-electron chi connectivity index (χ4n) is 2.26. The average molecular weight is 269 g/mol. The van der Waals surface area contributed by atoms with Crippen LogP contribution in [0.5, 0.6) is 0 Å². The minimum absolute atomic E-state index is 0.185. The molecule has 1 aliphatic rings. The molecule has 0 bridgehead atoms. The molecule has 6 heteroatoms. The summed E-state index contributed by atoms with van der Waals surface area (Å²) in [5.41, 5.74) is 5.81. The number of hydrogen-bond acceptors (Lipinski definition) is 4. The van der Waals surface area contributed by atoms with Crippen LogP contribution in [-0.2, 0) is 10.0 Å². The lowest BCUT2D eigenvalue weighted by atomic mass is 9.83. The lowest BCUT2D eigenvalue weighted by Gasteiger charge is -2.33. The second kappa shape index (κ2) is 5.34. The molecule has 18 heavy (non-hydrogen) atoms. The van der Waals surface area contributed by atoms with Crippen molar-refractivity contribution in [2.24, 2.45) is 5.73 Å². The second-order valence-electron chi connectivity index (χ2n) is 4.94. The van der Waals surface area contributed by atoms with Gasteiger partial charge < -0.3 is 5.73 Å². The molecule has 2 rings (SSSR count). The van der Waals surface area contributed by atoms with E-state index in [2.05, 4.69) is 9.71 Å². The topological polar surface area (TPSA) is 85.1 Å². The molecule has 100 valence electrons. The van der Waals surface area contributed by atoms with Gasteiger partial charge in [0, 0.05) is 24.5 Å². The van der Waals surface area contributed by atoms with Gasteiger partial charge in [-0.1, -0.05) is 19.3 Å². The molecule has 1 saturated carbocycles. The summed E-state index contributed by atoms with van der Waals surface area (Å²) in [5, 5.41) is 0. The number of aromatic nitrogens is 1. The molecule has 1 aromatic rings. The molecule has 0 aliphatic heterocycles. The SMILES string of the molecule is NC1(CNS(=O)(=O)c2cccnc2)CCCCC1. The Hall–Kier alpha value is -0.980. The molecule has 0 radical (unpaired) electrons. The number of pyridine rings is 1. The van der Waals surface area contributed by atoms with E-state index in [-0.39, 0.29) is 4.90 Å². The van der Waals surface area contributed by atoms with Gasteiger partial charge in [-0.05, 0) is 25.0 Å². The van der Waals surface area contributed by atoms with Crippen molar-refractivity contribution in [3.8, 4) is 0 Å². The molecule has 1 heterocycles. The highest BCUT2D eigenvalue weighted by Gasteiger charge is 2.29. The van der Waals surface area contributed by atoms with Gasteiger partial charge in [-0.15, -0.1) is 0 Å². The summed E-state index contributed by atoms with van der Waals surface area (Å²) in [6, 6.07) is 3.13. The van der Waals surface area contributed by atoms with E-state index in [9.17, 15) is 8.42 Å². The molecule has 3 N–H and O–H groups in total. The summed E-state index contributed by atoms with van der Waals surface area (Å²) in [6.45, 7) is 0.296. The Bertz CT molecular complexity index is 481. The highest BCUT2D eigenvalue weighted by Crippen LogP contribution is 2.25. The van der Waals surface area contributed by atoms with Crippen LogP contribution in [0, 0.1) is 0 Å². The van der Waals surface area contributed by atoms with Crippen molar-refractivity contribution in [2.45, 2.75) is 42.5 Å². The van der Waals surface area contributed by atoms with E-state index in [4.69, 9.17) is 5.73 Å². The Morgan fingerprint density at radius 3 is 2.67 bits per heavy atom. The van der Waals surface area contributed by atoms with Crippen molar-refractivity contribution in [3.05, 3.63) is 24.5 Å². The Morgan fingerprint density at radius 1 is 1.33 bits per heavy atom. The van der Waals surface area contributed by atoms with Crippen LogP contribution < -0.4 is 10.5 Å². The third-order valence-electron chi connectivity index (χ3n) is 3.41. The molecule has 0 amide bonds. The predicted octanol–water partition coefficient (Wildman–Crippen LogP) is 1.02. The van der Waals surface area contributed by atoms with Gasteiger partial charge in [0.1, 0.15) is 4.90 Å². The lowest BCUT2D eigenvalue weighted by molar-refractivity contribution is 0.296. The first-order valence-electron chi connectivity index (χ1n) is 6.20. The van der Waals surface area contributed by atoms with E-state index < -0.39 is 15.6 Å². The Balaban J connectivity index is 2.01. The third kappa shape index (κ3) is 3.28. The van der Waals surface area contributed by atoms with Gasteiger partial charge in [-0.3, -0.25) is 4.98 Å². The second-order valence-corrected chi connectivity index (χ2v) is 6.70. The van der Waals surface area contributed by atoms with Gasteiger partial charge in [0.05, 0.1) is 0 Å². The maximum atomic E-state index is 12.0. The molecule has 1 aromatic heterocycles. The number of nitrogens with zero attached hydrogens (tertiary/aromatic N) is 1. The van der Waals surface area contributed by atoms with E-state index in [0.29, 0.717) is 6.54 Å². The van der Waals surface area contributed by atoms with Crippen LogP contribution in [0.15, 0.2) is 29.4 Å². The summed E-state index contributed by atoms with van der Waals surface area (Å²) in [5.74, 6) is 0. The fraction of sp³-hybridized carbons (Fsp3) is 0.583. The molecule has 5 nitrogen and oxygen atoms in total. The van der Waals surface area contributed by atoms with Crippen molar-refractivity contribution >= 4 is 10.0 Å². The molecule has 1 aliphatic carbocycles. The van der Waals surface area contributed by atoms with E-state index in [0.717, 1.165) is 25.7 Å². The van der Waals surface area contributed by atoms with E-state index >= 15 is 0 Å². The van der Waals surface area contributed by atoms with Crippen molar-refractivity contribution in [2.75, 3.05) is 6.54 Å². The van der Waals surface area contributed by atoms with Crippen LogP contribution >= 0.6 is 0 Å². The zero-order chi connectivity index (χ0) is 13.1. The monoisotopic (exact) mass is 269 g/mol. The Morgan fingerprint density at radius 2 is 2.06 bits per heavy atom. The molecule has 0 aromatic carbocycles. The van der Waals surface area contributed by atoms with Gasteiger partial charge in [0.2, 0.25) is 10.0 Å². The zero-order valence-electron chi connectivity index (χ0n) is 10.3. The normalized spacial score (nSPS) is 19.6. The van der Waals surface area contributed by atoms with Crippen molar-refractivity contribution in [1.82, 2.24) is 9.71 Å². The first kappa shape index (κ1) is 13.5. The van der Waals surface area contributed by atoms with Crippen LogP contribution in [-0.4, -0.2) is 25.5 Å². The summed E-state index contributed by atoms with van der Waals surface area (Å²) in [4.78, 5) is 4.00. The molecule has 0 saturated heterocycles. The Labute approximate surface area is 108 Å². The summed E-state index contributed by atoms with van der Waals surface area (Å²) >= 11 is 0. The smallest absolute Gasteiger partial charge is 0.242 e. The molecule has 0 spiro atoms. The third-order valence-corrected chi connectivity index (χ3v) is 4.79. The maximum Gasteiger partial charge on any atom is 0.242 e. The maximum absolute atomic E-state index is 12.0. The predicted molar refractivity (Wildman–Crippen MR) is 69.4 cm³/mol. The van der Waals surface area contributed by atoms with Gasteiger partial charge >= 0.3 is 0 Å². The zero-order valence-corrected chi connectivity index (χ0v) is 11.1. The van der Waals surface area contributed by atoms with Gasteiger partial charge in [-0.25, -0.2) is 13.1 Å². The van der Waals surface area contributed by atoms with Crippen LogP contribution in [0.3, 0.4) is 0 Å². The standard InChI is InChI=1S/C12H19N3O2S/c13-12(6-2-1-3-7-12)10-15-18(16,17)11-5-4-8-14-9-11/h4-5,8-9,15H,1-3,6-7,10,13H2. The molecule has 0 atom stereocenters. The average Bonchev–Trinajstić information content (AvgIpc) is 2.39. The van der Waals surface area contributed by atoms with Gasteiger partial charge in [0.25, 0.3) is 0 Å². The minimum atomic E-state index is -3.49. The first-order chi connectivity index (χ1) is 8.52. The number of sulfonamides is 1. The largest absolute Gasteiger partial charge is 0.324 e. The quantitative estimate of drug-likeness (QED) is 0.854. The van der Waals surface area contributed by atoms with E-state index in [1.165, 1.54) is 18.7 Å². The van der Waals surface area contributed by atoms with Crippen LogP contribution in [0.2, 0.25) is 0 Å². The number of nitrogens with one attached hydrogen (secondary N) is 1. The molecular weight excluding hydrogens is 250 g/mol. The Kier molecular flexibility index (Phi) is 3.99. The molecule has 1 fully saturated rings.